The fourth-order valence-electron chi connectivity index (χ4n) is 2.16. The number of amides is 1. The van der Waals surface area contributed by atoms with Crippen molar-refractivity contribution < 1.29 is 14.5 Å². The molecule has 0 aliphatic carbocycles. The van der Waals surface area contributed by atoms with Gasteiger partial charge in [0, 0.05) is 24.7 Å². The van der Waals surface area contributed by atoms with Crippen molar-refractivity contribution in [2.75, 3.05) is 13.2 Å². The molecule has 1 saturated heterocycles. The summed E-state index contributed by atoms with van der Waals surface area (Å²) >= 11 is 0. The lowest BCUT2D eigenvalue weighted by atomic mass is 10.1. The summed E-state index contributed by atoms with van der Waals surface area (Å²) in [4.78, 5) is 22.5. The first kappa shape index (κ1) is 14.4. The predicted octanol–water partition coefficient (Wildman–Crippen LogP) is 0.588. The SMILES string of the molecule is C[C@H]1OCCN[C@@H]1C(=O)NCc1ccccc1[N+](=O)[O-]. The molecular weight excluding hydrogens is 262 g/mol. The molecule has 7 heteroatoms. The number of nitrogens with zero attached hydrogens (tertiary/aromatic N) is 1. The summed E-state index contributed by atoms with van der Waals surface area (Å²) in [5.41, 5.74) is 0.490. The third kappa shape index (κ3) is 3.31. The Morgan fingerprint density at radius 3 is 3.00 bits per heavy atom. The van der Waals surface area contributed by atoms with Crippen molar-refractivity contribution in [3.05, 3.63) is 39.9 Å². The normalized spacial score (nSPS) is 22.2. The number of hydrogen-bond acceptors (Lipinski definition) is 5. The van der Waals surface area contributed by atoms with Crippen LogP contribution in [0.15, 0.2) is 24.3 Å². The number of carbonyl (C=O) groups excluding carboxylic acids is 1. The lowest BCUT2D eigenvalue weighted by molar-refractivity contribution is -0.385. The average Bonchev–Trinajstić information content (AvgIpc) is 2.45. The van der Waals surface area contributed by atoms with E-state index in [1.807, 2.05) is 6.92 Å². The zero-order chi connectivity index (χ0) is 14.5. The Morgan fingerprint density at radius 1 is 1.55 bits per heavy atom. The van der Waals surface area contributed by atoms with Gasteiger partial charge in [0.2, 0.25) is 5.91 Å². The highest BCUT2D eigenvalue weighted by molar-refractivity contribution is 5.82. The number of rotatable bonds is 4. The van der Waals surface area contributed by atoms with Crippen molar-refractivity contribution in [3.8, 4) is 0 Å². The highest BCUT2D eigenvalue weighted by Gasteiger charge is 2.28. The molecule has 2 atom stereocenters. The first-order valence-electron chi connectivity index (χ1n) is 6.44. The molecule has 1 aromatic carbocycles. The number of ether oxygens (including phenoxy) is 1. The lowest BCUT2D eigenvalue weighted by Gasteiger charge is -2.29. The van der Waals surface area contributed by atoms with Crippen molar-refractivity contribution in [2.45, 2.75) is 25.6 Å². The van der Waals surface area contributed by atoms with E-state index in [1.54, 1.807) is 18.2 Å². The van der Waals surface area contributed by atoms with Crippen LogP contribution in [0.5, 0.6) is 0 Å². The van der Waals surface area contributed by atoms with Crippen LogP contribution >= 0.6 is 0 Å². The Balaban J connectivity index is 1.98. The summed E-state index contributed by atoms with van der Waals surface area (Å²) in [6.07, 6.45) is -0.213. The molecule has 20 heavy (non-hydrogen) atoms. The Labute approximate surface area is 116 Å². The molecule has 0 spiro atoms. The number of nitro groups is 1. The third-order valence-corrected chi connectivity index (χ3v) is 3.24. The van der Waals surface area contributed by atoms with E-state index in [4.69, 9.17) is 4.74 Å². The van der Waals surface area contributed by atoms with Crippen LogP contribution in [-0.2, 0) is 16.1 Å². The maximum atomic E-state index is 12.0. The predicted molar refractivity (Wildman–Crippen MR) is 72.1 cm³/mol. The summed E-state index contributed by atoms with van der Waals surface area (Å²) in [5, 5.41) is 16.7. The number of nitrogens with one attached hydrogen (secondary N) is 2. The molecule has 0 aromatic heterocycles. The molecule has 1 amide bonds. The Morgan fingerprint density at radius 2 is 2.30 bits per heavy atom. The number of nitro benzene ring substituents is 1. The minimum absolute atomic E-state index is 0.00806. The second-order valence-corrected chi connectivity index (χ2v) is 4.61. The molecule has 0 bridgehead atoms. The fraction of sp³-hybridized carbons (Fsp3) is 0.462. The number of benzene rings is 1. The van der Waals surface area contributed by atoms with Gasteiger partial charge in [0.25, 0.3) is 5.69 Å². The van der Waals surface area contributed by atoms with Gasteiger partial charge in [0.15, 0.2) is 0 Å². The molecule has 2 rings (SSSR count). The standard InChI is InChI=1S/C13H17N3O4/c1-9-12(14-6-7-20-9)13(17)15-8-10-4-2-3-5-11(10)16(18)19/h2-5,9,12,14H,6-8H2,1H3,(H,15,17)/t9-,12+/m1/s1. The first-order chi connectivity index (χ1) is 9.59. The lowest BCUT2D eigenvalue weighted by Crippen LogP contribution is -2.55. The largest absolute Gasteiger partial charge is 0.375 e. The number of para-hydroxylation sites is 1. The Bertz CT molecular complexity index is 506. The maximum absolute atomic E-state index is 12.0. The Kier molecular flexibility index (Phi) is 4.65. The monoisotopic (exact) mass is 279 g/mol. The highest BCUT2D eigenvalue weighted by atomic mass is 16.6. The van der Waals surface area contributed by atoms with E-state index in [2.05, 4.69) is 10.6 Å². The smallest absolute Gasteiger partial charge is 0.274 e. The molecule has 0 radical (unpaired) electrons. The third-order valence-electron chi connectivity index (χ3n) is 3.24. The molecule has 1 aromatic rings. The molecule has 1 aliphatic rings. The Hall–Kier alpha value is -1.99. The van der Waals surface area contributed by atoms with Crippen LogP contribution in [-0.4, -0.2) is 36.1 Å². The van der Waals surface area contributed by atoms with E-state index in [0.29, 0.717) is 18.7 Å². The number of carbonyl (C=O) groups is 1. The van der Waals surface area contributed by atoms with Crippen LogP contribution in [0.25, 0.3) is 0 Å². The van der Waals surface area contributed by atoms with Crippen molar-refractivity contribution in [1.29, 1.82) is 0 Å². The molecule has 1 heterocycles. The van der Waals surface area contributed by atoms with Gasteiger partial charge in [-0.1, -0.05) is 18.2 Å². The van der Waals surface area contributed by atoms with Crippen molar-refractivity contribution in [3.63, 3.8) is 0 Å². The minimum Gasteiger partial charge on any atom is -0.375 e. The second-order valence-electron chi connectivity index (χ2n) is 4.61. The van der Waals surface area contributed by atoms with Gasteiger partial charge in [-0.05, 0) is 6.92 Å². The van der Waals surface area contributed by atoms with Gasteiger partial charge in [-0.2, -0.15) is 0 Å². The van der Waals surface area contributed by atoms with E-state index in [-0.39, 0.29) is 24.2 Å². The number of morpholine rings is 1. The van der Waals surface area contributed by atoms with Crippen LogP contribution in [0, 0.1) is 10.1 Å². The summed E-state index contributed by atoms with van der Waals surface area (Å²) in [5.74, 6) is -0.213. The summed E-state index contributed by atoms with van der Waals surface area (Å²) in [7, 11) is 0. The molecule has 1 fully saturated rings. The van der Waals surface area contributed by atoms with Crippen LogP contribution in [0.3, 0.4) is 0 Å². The van der Waals surface area contributed by atoms with E-state index in [0.717, 1.165) is 0 Å². The topological polar surface area (TPSA) is 93.5 Å². The van der Waals surface area contributed by atoms with E-state index >= 15 is 0 Å². The molecule has 1 aliphatic heterocycles. The zero-order valence-electron chi connectivity index (χ0n) is 11.2. The molecule has 108 valence electrons. The first-order valence-corrected chi connectivity index (χ1v) is 6.44. The summed E-state index contributed by atoms with van der Waals surface area (Å²) < 4.78 is 5.39. The van der Waals surface area contributed by atoms with Gasteiger partial charge in [-0.25, -0.2) is 0 Å². The van der Waals surface area contributed by atoms with Gasteiger partial charge < -0.3 is 15.4 Å². The summed E-state index contributed by atoms with van der Waals surface area (Å²) in [6, 6.07) is 5.94. The van der Waals surface area contributed by atoms with Crippen LogP contribution in [0.4, 0.5) is 5.69 Å². The summed E-state index contributed by atoms with van der Waals surface area (Å²) in [6.45, 7) is 3.14. The van der Waals surface area contributed by atoms with Gasteiger partial charge in [0.1, 0.15) is 6.04 Å². The second kappa shape index (κ2) is 6.44. The van der Waals surface area contributed by atoms with E-state index in [1.165, 1.54) is 6.07 Å². The van der Waals surface area contributed by atoms with Crippen LogP contribution in [0.1, 0.15) is 12.5 Å². The van der Waals surface area contributed by atoms with Crippen LogP contribution in [0.2, 0.25) is 0 Å². The molecule has 0 unspecified atom stereocenters. The van der Waals surface area contributed by atoms with Gasteiger partial charge in [0.05, 0.1) is 17.6 Å². The van der Waals surface area contributed by atoms with Gasteiger partial charge >= 0.3 is 0 Å². The fourth-order valence-corrected chi connectivity index (χ4v) is 2.16. The maximum Gasteiger partial charge on any atom is 0.274 e. The highest BCUT2D eigenvalue weighted by Crippen LogP contribution is 2.17. The molecule has 0 saturated carbocycles. The van der Waals surface area contributed by atoms with Gasteiger partial charge in [-0.15, -0.1) is 0 Å². The quantitative estimate of drug-likeness (QED) is 0.621. The van der Waals surface area contributed by atoms with Gasteiger partial charge in [-0.3, -0.25) is 14.9 Å². The zero-order valence-corrected chi connectivity index (χ0v) is 11.2. The van der Waals surface area contributed by atoms with Crippen molar-refractivity contribution >= 4 is 11.6 Å². The van der Waals surface area contributed by atoms with Crippen molar-refractivity contribution in [1.82, 2.24) is 10.6 Å². The van der Waals surface area contributed by atoms with E-state index < -0.39 is 11.0 Å². The average molecular weight is 279 g/mol. The molecular formula is C13H17N3O4. The van der Waals surface area contributed by atoms with Crippen LogP contribution < -0.4 is 10.6 Å². The molecule has 7 nitrogen and oxygen atoms in total. The number of hydrogen-bond donors (Lipinski definition) is 2. The van der Waals surface area contributed by atoms with Crippen molar-refractivity contribution in [2.24, 2.45) is 0 Å². The molecule has 2 N–H and O–H groups in total. The minimum atomic E-state index is -0.452. The van der Waals surface area contributed by atoms with E-state index in [9.17, 15) is 14.9 Å².